The van der Waals surface area contributed by atoms with Gasteiger partial charge in [-0.2, -0.15) is 0 Å². The van der Waals surface area contributed by atoms with Gasteiger partial charge in [-0.15, -0.1) is 0 Å². The van der Waals surface area contributed by atoms with Crippen molar-refractivity contribution in [1.82, 2.24) is 9.88 Å². The predicted octanol–water partition coefficient (Wildman–Crippen LogP) is 5.07. The summed E-state index contributed by atoms with van der Waals surface area (Å²) in [4.78, 5) is 52.0. The maximum absolute atomic E-state index is 14.3. The third kappa shape index (κ3) is 5.49. The standard InChI is InChI=1S/C33H36N2O9/c1-17(36)41-29-26-22(43-33(5,6)30(29)42-23(37)16-34-31(39)44-32(2,3)4)15-21(40-8)25-27(26)35(7)20-14-13-18-11-9-10-12-19(18)24(20)28(25)38/h9-15,29-30H,16H2,1-8H3,(H,34,39)/t29-,30-/m1/s1. The van der Waals surface area contributed by atoms with Crippen molar-refractivity contribution in [2.75, 3.05) is 13.7 Å². The Morgan fingerprint density at radius 3 is 2.41 bits per heavy atom. The van der Waals surface area contributed by atoms with Gasteiger partial charge in [-0.05, 0) is 51.5 Å². The minimum atomic E-state index is -1.21. The number of nitrogens with zero attached hydrogens (tertiary/aromatic N) is 1. The molecule has 1 aromatic heterocycles. The normalized spacial score (nSPS) is 17.5. The van der Waals surface area contributed by atoms with Crippen LogP contribution in [0.3, 0.4) is 0 Å². The molecule has 0 saturated carbocycles. The van der Waals surface area contributed by atoms with E-state index in [1.165, 1.54) is 14.0 Å². The van der Waals surface area contributed by atoms with Crippen molar-refractivity contribution in [2.24, 2.45) is 7.05 Å². The Labute approximate surface area is 254 Å². The fourth-order valence-electron chi connectivity index (χ4n) is 5.75. The number of ether oxygens (including phenoxy) is 5. The van der Waals surface area contributed by atoms with Crippen molar-refractivity contribution in [2.45, 2.75) is 65.0 Å². The average Bonchev–Trinajstić information content (AvgIpc) is 2.93. The van der Waals surface area contributed by atoms with E-state index in [0.29, 0.717) is 27.7 Å². The van der Waals surface area contributed by atoms with E-state index >= 15 is 0 Å². The number of amides is 1. The molecule has 0 radical (unpaired) electrons. The summed E-state index contributed by atoms with van der Waals surface area (Å²) in [5.41, 5.74) is -0.848. The number of nitrogens with one attached hydrogen (secondary N) is 1. The van der Waals surface area contributed by atoms with Gasteiger partial charge in [-0.1, -0.05) is 30.3 Å². The fraction of sp³-hybridized carbons (Fsp3) is 0.394. The van der Waals surface area contributed by atoms with Crippen molar-refractivity contribution in [3.8, 4) is 11.5 Å². The lowest BCUT2D eigenvalue weighted by Gasteiger charge is -2.43. The quantitative estimate of drug-likeness (QED) is 0.144. The maximum atomic E-state index is 14.3. The molecule has 232 valence electrons. The molecule has 0 saturated heterocycles. The van der Waals surface area contributed by atoms with E-state index in [1.54, 1.807) is 47.7 Å². The molecule has 1 aliphatic heterocycles. The van der Waals surface area contributed by atoms with E-state index in [-0.39, 0.29) is 16.6 Å². The Kier molecular flexibility index (Phi) is 7.69. The number of hydrogen-bond acceptors (Lipinski definition) is 9. The van der Waals surface area contributed by atoms with E-state index in [2.05, 4.69) is 5.32 Å². The summed E-state index contributed by atoms with van der Waals surface area (Å²) in [5, 5.41) is 4.84. The highest BCUT2D eigenvalue weighted by atomic mass is 16.6. The Balaban J connectivity index is 1.69. The molecule has 3 aromatic carbocycles. The van der Waals surface area contributed by atoms with Gasteiger partial charge in [0.25, 0.3) is 0 Å². The van der Waals surface area contributed by atoms with Crippen LogP contribution in [0, 0.1) is 0 Å². The van der Waals surface area contributed by atoms with Crippen LogP contribution in [-0.4, -0.2) is 53.6 Å². The molecule has 1 amide bonds. The van der Waals surface area contributed by atoms with Crippen molar-refractivity contribution in [1.29, 1.82) is 0 Å². The van der Waals surface area contributed by atoms with Crippen LogP contribution in [0.1, 0.15) is 53.2 Å². The molecule has 4 aromatic rings. The van der Waals surface area contributed by atoms with Gasteiger partial charge in [0.1, 0.15) is 29.2 Å². The minimum Gasteiger partial charge on any atom is -0.496 e. The number of aromatic nitrogens is 1. The smallest absolute Gasteiger partial charge is 0.408 e. The van der Waals surface area contributed by atoms with E-state index in [4.69, 9.17) is 23.7 Å². The molecule has 44 heavy (non-hydrogen) atoms. The highest BCUT2D eigenvalue weighted by Crippen LogP contribution is 2.49. The molecule has 1 aliphatic rings. The Morgan fingerprint density at radius 2 is 1.75 bits per heavy atom. The van der Waals surface area contributed by atoms with Crippen LogP contribution in [0.4, 0.5) is 4.79 Å². The number of esters is 2. The van der Waals surface area contributed by atoms with Gasteiger partial charge in [0, 0.05) is 20.0 Å². The molecule has 1 N–H and O–H groups in total. The number of hydrogen-bond donors (Lipinski definition) is 1. The molecular weight excluding hydrogens is 568 g/mol. The van der Waals surface area contributed by atoms with Crippen LogP contribution in [0.15, 0.2) is 47.3 Å². The topological polar surface area (TPSA) is 131 Å². The summed E-state index contributed by atoms with van der Waals surface area (Å²) in [5.74, 6) is -0.849. The van der Waals surface area contributed by atoms with Gasteiger partial charge < -0.3 is 33.6 Å². The zero-order chi connectivity index (χ0) is 32.1. The number of carbonyl (C=O) groups excluding carboxylic acids is 3. The van der Waals surface area contributed by atoms with E-state index < -0.39 is 48.0 Å². The number of aryl methyl sites for hydroxylation is 1. The Hall–Kier alpha value is -4.80. The monoisotopic (exact) mass is 604 g/mol. The molecule has 11 nitrogen and oxygen atoms in total. The molecule has 5 rings (SSSR count). The number of alkyl carbamates (subject to hydrolysis) is 1. The number of fused-ring (bicyclic) bond motifs is 6. The van der Waals surface area contributed by atoms with Crippen molar-refractivity contribution < 1.29 is 38.1 Å². The third-order valence-electron chi connectivity index (χ3n) is 7.49. The van der Waals surface area contributed by atoms with Crippen molar-refractivity contribution in [3.63, 3.8) is 0 Å². The number of pyridine rings is 1. The highest BCUT2D eigenvalue weighted by Gasteiger charge is 2.50. The second-order valence-corrected chi connectivity index (χ2v) is 12.3. The molecule has 11 heteroatoms. The van der Waals surface area contributed by atoms with Crippen LogP contribution >= 0.6 is 0 Å². The lowest BCUT2D eigenvalue weighted by Crippen LogP contribution is -2.53. The molecule has 2 atom stereocenters. The van der Waals surface area contributed by atoms with Gasteiger partial charge in [0.15, 0.2) is 12.2 Å². The van der Waals surface area contributed by atoms with Crippen LogP contribution in [0.5, 0.6) is 11.5 Å². The summed E-state index contributed by atoms with van der Waals surface area (Å²) in [6, 6.07) is 13.0. The summed E-state index contributed by atoms with van der Waals surface area (Å²) < 4.78 is 30.8. The summed E-state index contributed by atoms with van der Waals surface area (Å²) in [6.45, 7) is 9.23. The lowest BCUT2D eigenvalue weighted by molar-refractivity contribution is -0.188. The van der Waals surface area contributed by atoms with Gasteiger partial charge in [0.2, 0.25) is 5.43 Å². The summed E-state index contributed by atoms with van der Waals surface area (Å²) >= 11 is 0. The first-order chi connectivity index (χ1) is 20.6. The van der Waals surface area contributed by atoms with E-state index in [0.717, 1.165) is 10.8 Å². The first kappa shape index (κ1) is 30.7. The molecule has 0 aliphatic carbocycles. The molecule has 0 unspecified atom stereocenters. The van der Waals surface area contributed by atoms with Gasteiger partial charge in [-0.25, -0.2) is 4.79 Å². The number of rotatable bonds is 5. The average molecular weight is 605 g/mol. The van der Waals surface area contributed by atoms with Gasteiger partial charge >= 0.3 is 18.0 Å². The summed E-state index contributed by atoms with van der Waals surface area (Å²) in [7, 11) is 3.27. The summed E-state index contributed by atoms with van der Waals surface area (Å²) in [6.07, 6.45) is -3.12. The fourth-order valence-corrected chi connectivity index (χ4v) is 5.75. The molecule has 0 fully saturated rings. The predicted molar refractivity (Wildman–Crippen MR) is 164 cm³/mol. The molecular formula is C33H36N2O9. The van der Waals surface area contributed by atoms with E-state index in [1.807, 2.05) is 41.0 Å². The first-order valence-corrected chi connectivity index (χ1v) is 14.2. The third-order valence-corrected chi connectivity index (χ3v) is 7.49. The van der Waals surface area contributed by atoms with Gasteiger partial charge in [0.05, 0.1) is 34.5 Å². The molecule has 2 heterocycles. The SMILES string of the molecule is COc1cc2c(c3c1c(=O)c1c4ccccc4ccc1n3C)[C@@H](OC(C)=O)[C@@H](OC(=O)CNC(=O)OC(C)(C)C)C(C)(C)O2. The highest BCUT2D eigenvalue weighted by molar-refractivity contribution is 6.11. The second-order valence-electron chi connectivity index (χ2n) is 12.3. The zero-order valence-electron chi connectivity index (χ0n) is 26.0. The van der Waals surface area contributed by atoms with Crippen LogP contribution in [0.25, 0.3) is 32.6 Å². The van der Waals surface area contributed by atoms with E-state index in [9.17, 15) is 19.2 Å². The largest absolute Gasteiger partial charge is 0.496 e. The van der Waals surface area contributed by atoms with Crippen molar-refractivity contribution >= 4 is 50.6 Å². The Bertz CT molecular complexity index is 1880. The number of carbonyl (C=O) groups is 3. The van der Waals surface area contributed by atoms with Crippen molar-refractivity contribution in [3.05, 3.63) is 58.3 Å². The zero-order valence-corrected chi connectivity index (χ0v) is 26.0. The maximum Gasteiger partial charge on any atom is 0.408 e. The molecule has 0 spiro atoms. The van der Waals surface area contributed by atoms with Crippen LogP contribution < -0.4 is 20.2 Å². The van der Waals surface area contributed by atoms with Crippen LogP contribution in [0.2, 0.25) is 0 Å². The second kappa shape index (κ2) is 11.0. The van der Waals surface area contributed by atoms with Crippen LogP contribution in [-0.2, 0) is 30.8 Å². The molecule has 0 bridgehead atoms. The minimum absolute atomic E-state index is 0.259. The number of methoxy groups -OCH3 is 1. The lowest BCUT2D eigenvalue weighted by atomic mass is 9.86. The number of benzene rings is 3. The van der Waals surface area contributed by atoms with Gasteiger partial charge in [-0.3, -0.25) is 14.4 Å². The first-order valence-electron chi connectivity index (χ1n) is 14.2. The Morgan fingerprint density at radius 1 is 1.05 bits per heavy atom.